The Morgan fingerprint density at radius 1 is 1.36 bits per heavy atom. The largest absolute Gasteiger partial charge is 0.370 e. The van der Waals surface area contributed by atoms with Crippen LogP contribution in [-0.2, 0) is 11.2 Å². The molecule has 1 unspecified atom stereocenters. The Morgan fingerprint density at radius 2 is 2.24 bits per heavy atom. The molecule has 0 amide bonds. The van der Waals surface area contributed by atoms with Gasteiger partial charge in [0, 0.05) is 35.0 Å². The Morgan fingerprint density at radius 3 is 3.12 bits per heavy atom. The van der Waals surface area contributed by atoms with Crippen molar-refractivity contribution in [1.82, 2.24) is 15.2 Å². The van der Waals surface area contributed by atoms with E-state index in [-0.39, 0.29) is 28.4 Å². The molecule has 0 radical (unpaired) electrons. The third-order valence-electron chi connectivity index (χ3n) is 6.99. The fourth-order valence-electron chi connectivity index (χ4n) is 6.06. The molecule has 4 aliphatic heterocycles. The van der Waals surface area contributed by atoms with Crippen LogP contribution < -0.4 is 5.32 Å². The lowest BCUT2D eigenvalue weighted by atomic mass is 9.57. The third kappa shape index (κ3) is 1.19. The van der Waals surface area contributed by atoms with Crippen LogP contribution in [0.15, 0.2) is 28.4 Å². The maximum atomic E-state index is 13.2. The molecule has 1 aromatic rings. The van der Waals surface area contributed by atoms with Crippen molar-refractivity contribution < 1.29 is 14.7 Å². The number of Topliss-reactive ketones (excluding diaryl/α,β-unsaturated/α-hetero) is 1. The van der Waals surface area contributed by atoms with E-state index in [2.05, 4.69) is 10.3 Å². The maximum absolute atomic E-state index is 13.2. The number of carbonyl (C=O) groups is 2. The second kappa shape index (κ2) is 3.65. The number of nitrogens with zero attached hydrogens (tertiary/aromatic N) is 1. The molecule has 0 aromatic carbocycles. The summed E-state index contributed by atoms with van der Waals surface area (Å²) in [7, 11) is 0. The minimum Gasteiger partial charge on any atom is -0.370 e. The summed E-state index contributed by atoms with van der Waals surface area (Å²) in [5.41, 5.74) is 2.72. The minimum atomic E-state index is -1.46. The molecule has 6 nitrogen and oxygen atoms in total. The number of ketones is 2. The quantitative estimate of drug-likeness (QED) is 0.645. The van der Waals surface area contributed by atoms with Gasteiger partial charge in [-0.15, -0.1) is 11.8 Å². The number of hydrogen-bond donors (Lipinski definition) is 3. The number of thioether (sulfide) groups is 1. The molecule has 2 saturated heterocycles. The first-order valence-electron chi connectivity index (χ1n) is 8.71. The molecule has 1 aromatic heterocycles. The van der Waals surface area contributed by atoms with Gasteiger partial charge in [-0.1, -0.05) is 0 Å². The predicted molar refractivity (Wildman–Crippen MR) is 89.5 cm³/mol. The van der Waals surface area contributed by atoms with Crippen molar-refractivity contribution >= 4 is 23.3 Å². The van der Waals surface area contributed by atoms with Gasteiger partial charge in [0.25, 0.3) is 0 Å². The van der Waals surface area contributed by atoms with Crippen molar-refractivity contribution in [3.63, 3.8) is 0 Å². The zero-order valence-electron chi connectivity index (χ0n) is 13.3. The molecule has 2 fully saturated rings. The summed E-state index contributed by atoms with van der Waals surface area (Å²) in [5.74, 6) is -0.172. The number of aromatic amines is 1. The number of H-pyrrole nitrogens is 1. The first-order chi connectivity index (χ1) is 12.0. The van der Waals surface area contributed by atoms with Gasteiger partial charge in [0.15, 0.2) is 5.72 Å². The summed E-state index contributed by atoms with van der Waals surface area (Å²) in [6, 6.07) is -0.184. The molecule has 7 heteroatoms. The van der Waals surface area contributed by atoms with Gasteiger partial charge in [0.1, 0.15) is 0 Å². The Balaban J connectivity index is 1.65. The Bertz CT molecular complexity index is 1010. The lowest BCUT2D eigenvalue weighted by Gasteiger charge is -2.60. The number of piperidine rings is 1. The van der Waals surface area contributed by atoms with Crippen molar-refractivity contribution in [2.24, 2.45) is 5.41 Å². The number of aliphatic hydroxyl groups is 1. The molecule has 126 valence electrons. The zero-order chi connectivity index (χ0) is 16.7. The van der Waals surface area contributed by atoms with E-state index in [1.807, 2.05) is 11.1 Å². The second-order valence-electron chi connectivity index (χ2n) is 7.97. The molecule has 5 heterocycles. The highest BCUT2D eigenvalue weighted by Gasteiger charge is 2.69. The number of hydrogen-bond acceptors (Lipinski definition) is 6. The van der Waals surface area contributed by atoms with E-state index in [0.29, 0.717) is 24.4 Å². The summed E-state index contributed by atoms with van der Waals surface area (Å²) >= 11 is 1.65. The lowest BCUT2D eigenvalue weighted by molar-refractivity contribution is -0.183. The van der Waals surface area contributed by atoms with Crippen molar-refractivity contribution in [2.75, 3.05) is 6.54 Å². The summed E-state index contributed by atoms with van der Waals surface area (Å²) in [4.78, 5) is 32.2. The molecule has 25 heavy (non-hydrogen) atoms. The summed E-state index contributed by atoms with van der Waals surface area (Å²) in [6.45, 7) is 0.623. The Hall–Kier alpha value is -1.83. The Labute approximate surface area is 147 Å². The van der Waals surface area contributed by atoms with E-state index >= 15 is 0 Å². The number of allylic oxidation sites excluding steroid dienone is 2. The van der Waals surface area contributed by atoms with Crippen LogP contribution in [-0.4, -0.2) is 44.2 Å². The standard InChI is InChI=1S/C18H15N3O3S/c22-8-3-9-17-4-10(25-9)20-14-12(17)15-11-7(5-19-13(11)16(14)23)1-2-21(15)18(8,24)6-17/h3,5,10,15,19-20,24H,1-2,4,6H2/t10-,15?,17+,18+/m0/s1. The summed E-state index contributed by atoms with van der Waals surface area (Å²) < 4.78 is 0. The SMILES string of the molecule is O=C1C2=C3C4c5c(c[nH]c51)CCN4[C@@]1(O)C[C@@]34C[C@@H](N2)SC4=CC1=O. The van der Waals surface area contributed by atoms with Gasteiger partial charge in [-0.3, -0.25) is 14.5 Å². The van der Waals surface area contributed by atoms with Crippen LogP contribution in [0.3, 0.4) is 0 Å². The van der Waals surface area contributed by atoms with Crippen LogP contribution >= 0.6 is 11.8 Å². The van der Waals surface area contributed by atoms with Crippen LogP contribution in [0, 0.1) is 5.41 Å². The molecule has 3 N–H and O–H groups in total. The van der Waals surface area contributed by atoms with Crippen molar-refractivity contribution in [3.05, 3.63) is 45.3 Å². The number of fused-ring (bicyclic) bond motifs is 3. The molecule has 1 spiro atoms. The summed E-state index contributed by atoms with van der Waals surface area (Å²) in [6.07, 6.45) is 5.53. The molecular formula is C18H15N3O3S. The van der Waals surface area contributed by atoms with Gasteiger partial charge in [0.2, 0.25) is 11.6 Å². The smallest absolute Gasteiger partial charge is 0.225 e. The van der Waals surface area contributed by atoms with Gasteiger partial charge < -0.3 is 15.4 Å². The monoisotopic (exact) mass is 353 g/mol. The Kier molecular flexibility index (Phi) is 1.95. The van der Waals surface area contributed by atoms with Crippen LogP contribution in [0.25, 0.3) is 0 Å². The topological polar surface area (TPSA) is 85.4 Å². The van der Waals surface area contributed by atoms with Crippen LogP contribution in [0.2, 0.25) is 0 Å². The fraction of sp³-hybridized carbons (Fsp3) is 0.444. The fourth-order valence-corrected chi connectivity index (χ4v) is 7.57. The van der Waals surface area contributed by atoms with Crippen LogP contribution in [0.1, 0.15) is 40.5 Å². The first kappa shape index (κ1) is 13.4. The van der Waals surface area contributed by atoms with E-state index in [1.165, 1.54) is 0 Å². The molecular weight excluding hydrogens is 338 g/mol. The third-order valence-corrected chi connectivity index (χ3v) is 8.32. The zero-order valence-corrected chi connectivity index (χ0v) is 14.1. The van der Waals surface area contributed by atoms with E-state index < -0.39 is 5.72 Å². The van der Waals surface area contributed by atoms with Gasteiger partial charge in [-0.25, -0.2) is 0 Å². The highest BCUT2D eigenvalue weighted by molar-refractivity contribution is 8.04. The van der Waals surface area contributed by atoms with Gasteiger partial charge in [-0.05, 0) is 30.1 Å². The minimum absolute atomic E-state index is 0.0302. The maximum Gasteiger partial charge on any atom is 0.225 e. The summed E-state index contributed by atoms with van der Waals surface area (Å²) in [5, 5.41) is 15.0. The van der Waals surface area contributed by atoms with Gasteiger partial charge in [-0.2, -0.15) is 0 Å². The van der Waals surface area contributed by atoms with Gasteiger partial charge >= 0.3 is 0 Å². The molecule has 4 atom stereocenters. The predicted octanol–water partition coefficient (Wildman–Crippen LogP) is 0.976. The highest BCUT2D eigenvalue weighted by atomic mass is 32.2. The number of rotatable bonds is 0. The van der Waals surface area contributed by atoms with Crippen molar-refractivity contribution in [3.8, 4) is 0 Å². The van der Waals surface area contributed by atoms with Crippen molar-refractivity contribution in [2.45, 2.75) is 36.4 Å². The molecule has 6 aliphatic rings. The van der Waals surface area contributed by atoms with Gasteiger partial charge in [0.05, 0.1) is 22.8 Å². The average Bonchev–Trinajstić information content (AvgIpc) is 3.12. The molecule has 0 saturated carbocycles. The number of aromatic nitrogens is 1. The van der Waals surface area contributed by atoms with Crippen molar-refractivity contribution in [1.29, 1.82) is 0 Å². The normalized spacial score (nSPS) is 42.5. The highest BCUT2D eigenvalue weighted by Crippen LogP contribution is 2.70. The number of carbonyl (C=O) groups excluding carboxylic acids is 2. The first-order valence-corrected chi connectivity index (χ1v) is 9.59. The van der Waals surface area contributed by atoms with Crippen LogP contribution in [0.4, 0.5) is 0 Å². The molecule has 3 bridgehead atoms. The molecule has 2 aliphatic carbocycles. The molecule has 7 rings (SSSR count). The van der Waals surface area contributed by atoms with E-state index in [4.69, 9.17) is 0 Å². The lowest BCUT2D eigenvalue weighted by Crippen LogP contribution is -2.67. The van der Waals surface area contributed by atoms with E-state index in [9.17, 15) is 14.7 Å². The average molecular weight is 353 g/mol. The van der Waals surface area contributed by atoms with Crippen LogP contribution in [0.5, 0.6) is 0 Å². The van der Waals surface area contributed by atoms with E-state index in [0.717, 1.165) is 34.4 Å². The van der Waals surface area contributed by atoms with E-state index in [1.54, 1.807) is 17.8 Å². The number of nitrogens with one attached hydrogen (secondary N) is 2. The second-order valence-corrected chi connectivity index (χ2v) is 9.21.